The van der Waals surface area contributed by atoms with Crippen LogP contribution < -0.4 is 4.74 Å². The lowest BCUT2D eigenvalue weighted by Crippen LogP contribution is -2.07. The second-order valence-corrected chi connectivity index (χ2v) is 6.25. The highest BCUT2D eigenvalue weighted by atomic mass is 16.6. The van der Waals surface area contributed by atoms with Crippen molar-refractivity contribution in [1.82, 2.24) is 0 Å². The highest BCUT2D eigenvalue weighted by Gasteiger charge is 2.17. The van der Waals surface area contributed by atoms with E-state index in [0.29, 0.717) is 12.5 Å². The minimum Gasteiger partial charge on any atom is -0.497 e. The summed E-state index contributed by atoms with van der Waals surface area (Å²) in [5, 5.41) is 4.05. The van der Waals surface area contributed by atoms with Gasteiger partial charge in [0.05, 0.1) is 7.11 Å². The molecule has 125 valence electrons. The molecular formula is C21H24NO2. The van der Waals surface area contributed by atoms with Gasteiger partial charge in [0, 0.05) is 5.56 Å². The summed E-state index contributed by atoms with van der Waals surface area (Å²) in [5.41, 5.74) is 3.47. The molecule has 24 heavy (non-hydrogen) atoms. The van der Waals surface area contributed by atoms with E-state index >= 15 is 0 Å². The highest BCUT2D eigenvalue weighted by Crippen LogP contribution is 2.33. The van der Waals surface area contributed by atoms with Crippen LogP contribution in [0.15, 0.2) is 53.7 Å². The van der Waals surface area contributed by atoms with Crippen LogP contribution in [0.2, 0.25) is 0 Å². The largest absolute Gasteiger partial charge is 0.497 e. The Bertz CT molecular complexity index is 658. The van der Waals surface area contributed by atoms with Crippen molar-refractivity contribution in [3.05, 3.63) is 65.2 Å². The van der Waals surface area contributed by atoms with Gasteiger partial charge in [-0.05, 0) is 42.0 Å². The molecule has 0 spiro atoms. The van der Waals surface area contributed by atoms with Crippen molar-refractivity contribution in [2.24, 2.45) is 5.16 Å². The van der Waals surface area contributed by atoms with Crippen molar-refractivity contribution in [2.45, 2.75) is 44.6 Å². The van der Waals surface area contributed by atoms with Gasteiger partial charge in [-0.2, -0.15) is 0 Å². The number of methoxy groups -OCH3 is 1. The number of benzene rings is 2. The number of hydrogen-bond acceptors (Lipinski definition) is 3. The van der Waals surface area contributed by atoms with Crippen LogP contribution in [-0.2, 0) is 11.4 Å². The molecule has 0 bridgehead atoms. The van der Waals surface area contributed by atoms with Gasteiger partial charge in [0.2, 0.25) is 0 Å². The van der Waals surface area contributed by atoms with Gasteiger partial charge < -0.3 is 9.57 Å². The molecule has 0 unspecified atom stereocenters. The van der Waals surface area contributed by atoms with E-state index in [9.17, 15) is 0 Å². The lowest BCUT2D eigenvalue weighted by atomic mass is 9.82. The molecule has 1 aliphatic rings. The molecule has 0 saturated heterocycles. The fourth-order valence-electron chi connectivity index (χ4n) is 3.28. The summed E-state index contributed by atoms with van der Waals surface area (Å²) in [6.07, 6.45) is 9.63. The van der Waals surface area contributed by atoms with Gasteiger partial charge in [-0.3, -0.25) is 0 Å². The lowest BCUT2D eigenvalue weighted by Gasteiger charge is -2.23. The lowest BCUT2D eigenvalue weighted by molar-refractivity contribution is 0.132. The summed E-state index contributed by atoms with van der Waals surface area (Å²) >= 11 is 0. The summed E-state index contributed by atoms with van der Waals surface area (Å²) in [6, 6.07) is 16.2. The van der Waals surface area contributed by atoms with Crippen LogP contribution in [0.5, 0.6) is 5.75 Å². The molecule has 0 atom stereocenters. The first kappa shape index (κ1) is 16.6. The maximum atomic E-state index is 5.41. The molecule has 1 fully saturated rings. The van der Waals surface area contributed by atoms with E-state index in [-0.39, 0.29) is 0 Å². The molecule has 0 aromatic heterocycles. The van der Waals surface area contributed by atoms with E-state index in [4.69, 9.17) is 9.57 Å². The van der Waals surface area contributed by atoms with Crippen molar-refractivity contribution in [1.29, 1.82) is 0 Å². The van der Waals surface area contributed by atoms with Crippen LogP contribution in [0.1, 0.15) is 54.7 Å². The number of hydrogen-bond donors (Lipinski definition) is 0. The minimum absolute atomic E-state index is 0.433. The second-order valence-electron chi connectivity index (χ2n) is 6.25. The molecular weight excluding hydrogens is 298 g/mol. The Morgan fingerprint density at radius 2 is 1.75 bits per heavy atom. The summed E-state index contributed by atoms with van der Waals surface area (Å²) in [6.45, 7) is 0.433. The molecule has 0 N–H and O–H groups in total. The zero-order valence-corrected chi connectivity index (χ0v) is 14.2. The molecule has 1 radical (unpaired) electrons. The van der Waals surface area contributed by atoms with Gasteiger partial charge in [-0.25, -0.2) is 0 Å². The van der Waals surface area contributed by atoms with E-state index < -0.39 is 0 Å². The average Bonchev–Trinajstić information content (AvgIpc) is 2.67. The van der Waals surface area contributed by atoms with E-state index in [1.807, 2.05) is 30.3 Å². The smallest absolute Gasteiger partial charge is 0.142 e. The predicted molar refractivity (Wildman–Crippen MR) is 96.6 cm³/mol. The SMILES string of the molecule is COc1ccc(CO/N=[C]\c2ccccc2C2CCCCC2)cc1. The molecule has 3 nitrogen and oxygen atoms in total. The van der Waals surface area contributed by atoms with Gasteiger partial charge in [-0.15, -0.1) is 0 Å². The second kappa shape index (κ2) is 8.53. The fourth-order valence-corrected chi connectivity index (χ4v) is 3.28. The highest BCUT2D eigenvalue weighted by molar-refractivity contribution is 5.81. The average molecular weight is 322 g/mol. The summed E-state index contributed by atoms with van der Waals surface area (Å²) < 4.78 is 5.15. The van der Waals surface area contributed by atoms with Crippen molar-refractivity contribution >= 4 is 6.21 Å². The number of nitrogens with zero attached hydrogens (tertiary/aromatic N) is 1. The Balaban J connectivity index is 1.59. The normalized spacial score (nSPS) is 15.5. The van der Waals surface area contributed by atoms with Gasteiger partial charge in [-0.1, -0.05) is 60.8 Å². The maximum Gasteiger partial charge on any atom is 0.142 e. The topological polar surface area (TPSA) is 30.8 Å². The Kier molecular flexibility index (Phi) is 5.89. The van der Waals surface area contributed by atoms with Gasteiger partial charge in [0.1, 0.15) is 18.6 Å². The van der Waals surface area contributed by atoms with Crippen LogP contribution in [0.3, 0.4) is 0 Å². The van der Waals surface area contributed by atoms with E-state index in [1.165, 1.54) is 37.7 Å². The van der Waals surface area contributed by atoms with Gasteiger partial charge >= 0.3 is 0 Å². The molecule has 3 rings (SSSR count). The summed E-state index contributed by atoms with van der Waals surface area (Å²) in [7, 11) is 1.66. The first-order chi connectivity index (χ1) is 11.9. The fraction of sp³-hybridized carbons (Fsp3) is 0.381. The van der Waals surface area contributed by atoms with Crippen molar-refractivity contribution in [3.63, 3.8) is 0 Å². The maximum absolute atomic E-state index is 5.41. The summed E-state index contributed by atoms with van der Waals surface area (Å²) in [5.74, 6) is 1.48. The molecule has 1 saturated carbocycles. The van der Waals surface area contributed by atoms with E-state index in [1.54, 1.807) is 7.11 Å². The first-order valence-corrected chi connectivity index (χ1v) is 8.66. The van der Waals surface area contributed by atoms with E-state index in [2.05, 4.69) is 29.6 Å². The zero-order valence-electron chi connectivity index (χ0n) is 14.2. The number of rotatable bonds is 6. The molecule has 2 aromatic carbocycles. The molecule has 0 aliphatic heterocycles. The third kappa shape index (κ3) is 4.38. The molecule has 2 aromatic rings. The first-order valence-electron chi connectivity index (χ1n) is 8.66. The minimum atomic E-state index is 0.433. The van der Waals surface area contributed by atoms with Gasteiger partial charge in [0.15, 0.2) is 0 Å². The van der Waals surface area contributed by atoms with Crippen LogP contribution in [-0.4, -0.2) is 13.3 Å². The molecule has 3 heteroatoms. The predicted octanol–water partition coefficient (Wildman–Crippen LogP) is 5.17. The van der Waals surface area contributed by atoms with Crippen LogP contribution >= 0.6 is 0 Å². The molecule has 1 aliphatic carbocycles. The van der Waals surface area contributed by atoms with Crippen LogP contribution in [0.25, 0.3) is 0 Å². The molecule has 0 amide bonds. The Labute approximate surface area is 144 Å². The van der Waals surface area contributed by atoms with Crippen LogP contribution in [0, 0.1) is 0 Å². The summed E-state index contributed by atoms with van der Waals surface area (Å²) in [4.78, 5) is 5.41. The van der Waals surface area contributed by atoms with Crippen LogP contribution in [0.4, 0.5) is 0 Å². The third-order valence-corrected chi connectivity index (χ3v) is 4.63. The Morgan fingerprint density at radius 1 is 1.00 bits per heavy atom. The quantitative estimate of drug-likeness (QED) is 0.542. The monoisotopic (exact) mass is 322 g/mol. The van der Waals surface area contributed by atoms with Crippen molar-refractivity contribution in [2.75, 3.05) is 7.11 Å². The third-order valence-electron chi connectivity index (χ3n) is 4.63. The van der Waals surface area contributed by atoms with Gasteiger partial charge in [0.25, 0.3) is 0 Å². The van der Waals surface area contributed by atoms with Crippen molar-refractivity contribution < 1.29 is 9.57 Å². The standard InChI is InChI=1S/C21H24NO2/c1-23-20-13-11-17(12-14-20)16-24-22-15-19-9-5-6-10-21(19)18-7-3-2-4-8-18/h5-6,9-14,18H,2-4,7-8,16H2,1H3. The molecule has 0 heterocycles. The number of ether oxygens (including phenoxy) is 1. The Hall–Kier alpha value is -2.29. The van der Waals surface area contributed by atoms with Crippen molar-refractivity contribution in [3.8, 4) is 5.75 Å². The zero-order chi connectivity index (χ0) is 16.6. The van der Waals surface area contributed by atoms with E-state index in [0.717, 1.165) is 16.9 Å². The Morgan fingerprint density at radius 3 is 2.50 bits per heavy atom.